The van der Waals surface area contributed by atoms with E-state index in [1.807, 2.05) is 6.07 Å². The number of aliphatic hydroxyl groups excluding tert-OH is 1. The number of ketones is 1. The van der Waals surface area contributed by atoms with E-state index >= 15 is 0 Å². The molecule has 0 aliphatic carbocycles. The Labute approximate surface area is 221 Å². The zero-order valence-electron chi connectivity index (χ0n) is 22.2. The minimum absolute atomic E-state index is 0.0910. The van der Waals surface area contributed by atoms with Gasteiger partial charge in [0.25, 0.3) is 0 Å². The fourth-order valence-electron chi connectivity index (χ4n) is 4.44. The number of pyridine rings is 2. The molecule has 0 radical (unpaired) electrons. The normalized spacial score (nSPS) is 16.4. The topological polar surface area (TPSA) is 114 Å². The number of carbonyl (C=O) groups is 2. The molecule has 3 aromatic rings. The van der Waals surface area contributed by atoms with Gasteiger partial charge < -0.3 is 24.8 Å². The monoisotopic (exact) mass is 524 g/mol. The van der Waals surface area contributed by atoms with E-state index in [-0.39, 0.29) is 29.8 Å². The molecule has 2 unspecified atom stereocenters. The van der Waals surface area contributed by atoms with Gasteiger partial charge >= 0.3 is 6.09 Å². The van der Waals surface area contributed by atoms with Crippen LogP contribution in [-0.2, 0) is 4.74 Å². The SMILES string of the molecule is COc1cc2nc(-c3ccc(C(=O)C(C)NC(=O)OC(C)(C)C)nc3)cc(N3CCC(CO)C3)c2cc1F. The average molecular weight is 525 g/mol. The highest BCUT2D eigenvalue weighted by atomic mass is 19.1. The number of nitrogens with one attached hydrogen (secondary N) is 1. The lowest BCUT2D eigenvalue weighted by molar-refractivity contribution is 0.0496. The van der Waals surface area contributed by atoms with E-state index in [1.54, 1.807) is 52.1 Å². The lowest BCUT2D eigenvalue weighted by Crippen LogP contribution is -2.41. The molecule has 1 aliphatic rings. The van der Waals surface area contributed by atoms with Crippen LogP contribution >= 0.6 is 0 Å². The highest BCUT2D eigenvalue weighted by molar-refractivity contribution is 6.00. The number of benzene rings is 1. The molecule has 38 heavy (non-hydrogen) atoms. The first kappa shape index (κ1) is 27.3. The molecule has 1 aliphatic heterocycles. The summed E-state index contributed by atoms with van der Waals surface area (Å²) in [7, 11) is 1.40. The number of hydrogen-bond acceptors (Lipinski definition) is 8. The van der Waals surface area contributed by atoms with Crippen molar-refractivity contribution in [3.05, 3.63) is 48.0 Å². The predicted octanol–water partition coefficient (Wildman–Crippen LogP) is 4.36. The number of aliphatic hydroxyl groups is 1. The number of anilines is 1. The van der Waals surface area contributed by atoms with Crippen molar-refractivity contribution in [1.29, 1.82) is 0 Å². The van der Waals surface area contributed by atoms with Crippen molar-refractivity contribution in [2.45, 2.75) is 45.8 Å². The summed E-state index contributed by atoms with van der Waals surface area (Å²) >= 11 is 0. The van der Waals surface area contributed by atoms with E-state index in [2.05, 4.69) is 15.2 Å². The first-order chi connectivity index (χ1) is 18.0. The van der Waals surface area contributed by atoms with E-state index < -0.39 is 23.6 Å². The lowest BCUT2D eigenvalue weighted by atomic mass is 10.1. The van der Waals surface area contributed by atoms with Gasteiger partial charge in [0.15, 0.2) is 11.6 Å². The average Bonchev–Trinajstić information content (AvgIpc) is 3.35. The van der Waals surface area contributed by atoms with Crippen molar-refractivity contribution >= 4 is 28.5 Å². The van der Waals surface area contributed by atoms with Crippen LogP contribution in [-0.4, -0.2) is 65.4 Å². The quantitative estimate of drug-likeness (QED) is 0.439. The number of ether oxygens (including phenoxy) is 2. The van der Waals surface area contributed by atoms with E-state index in [9.17, 15) is 19.1 Å². The molecule has 1 amide bonds. The van der Waals surface area contributed by atoms with Gasteiger partial charge in [0, 0.05) is 54.5 Å². The largest absolute Gasteiger partial charge is 0.494 e. The third-order valence-corrected chi connectivity index (χ3v) is 6.38. The summed E-state index contributed by atoms with van der Waals surface area (Å²) in [6.07, 6.45) is 1.70. The number of halogens is 1. The number of methoxy groups -OCH3 is 1. The first-order valence-electron chi connectivity index (χ1n) is 12.5. The Morgan fingerprint density at radius 3 is 2.63 bits per heavy atom. The lowest BCUT2D eigenvalue weighted by Gasteiger charge is -2.22. The number of nitrogens with zero attached hydrogens (tertiary/aromatic N) is 3. The van der Waals surface area contributed by atoms with Crippen molar-refractivity contribution in [3.63, 3.8) is 0 Å². The zero-order valence-corrected chi connectivity index (χ0v) is 22.2. The third kappa shape index (κ3) is 6.02. The molecule has 9 nitrogen and oxygen atoms in total. The highest BCUT2D eigenvalue weighted by Gasteiger charge is 2.26. The maximum absolute atomic E-state index is 14.6. The Morgan fingerprint density at radius 1 is 1.26 bits per heavy atom. The fraction of sp³-hybridized carbons (Fsp3) is 0.429. The number of alkyl carbamates (subject to hydrolysis) is 1. The van der Waals surface area contributed by atoms with Gasteiger partial charge in [-0.05, 0) is 58.4 Å². The second-order valence-corrected chi connectivity index (χ2v) is 10.5. The smallest absolute Gasteiger partial charge is 0.408 e. The summed E-state index contributed by atoms with van der Waals surface area (Å²) in [4.78, 5) is 36.0. The molecule has 1 aromatic carbocycles. The summed E-state index contributed by atoms with van der Waals surface area (Å²) in [5.41, 5.74) is 2.13. The number of aromatic nitrogens is 2. The molecule has 2 aromatic heterocycles. The number of fused-ring (bicyclic) bond motifs is 1. The van der Waals surface area contributed by atoms with E-state index in [0.717, 1.165) is 18.7 Å². The Bertz CT molecular complexity index is 1340. The summed E-state index contributed by atoms with van der Waals surface area (Å²) in [5.74, 6) is -0.601. The number of amides is 1. The van der Waals surface area contributed by atoms with Crippen LogP contribution in [0.2, 0.25) is 0 Å². The molecular weight excluding hydrogens is 491 g/mol. The van der Waals surface area contributed by atoms with Crippen molar-refractivity contribution in [2.75, 3.05) is 31.7 Å². The second kappa shape index (κ2) is 10.9. The number of carbonyl (C=O) groups excluding carboxylic acids is 2. The standard InChI is InChI=1S/C28H33FN4O5/c1-16(31-27(36)38-28(2,3)4)26(35)21-7-6-18(13-30-21)22-11-24(33-9-8-17(14-33)15-34)19-10-20(29)25(37-5)12-23(19)32-22/h6-7,10-13,16-17,34H,8-9,14-15H2,1-5H3,(H,31,36). The summed E-state index contributed by atoms with van der Waals surface area (Å²) in [6, 6.07) is 7.35. The van der Waals surface area contributed by atoms with Gasteiger partial charge in [0.05, 0.1) is 24.4 Å². The van der Waals surface area contributed by atoms with E-state index in [1.165, 1.54) is 13.2 Å². The highest BCUT2D eigenvalue weighted by Crippen LogP contribution is 2.36. The maximum atomic E-state index is 14.6. The maximum Gasteiger partial charge on any atom is 0.408 e. The molecule has 0 spiro atoms. The van der Waals surface area contributed by atoms with Crippen LogP contribution in [0.3, 0.4) is 0 Å². The van der Waals surface area contributed by atoms with Gasteiger partial charge in [0.1, 0.15) is 11.3 Å². The van der Waals surface area contributed by atoms with Gasteiger partial charge in [-0.2, -0.15) is 0 Å². The van der Waals surface area contributed by atoms with Gasteiger partial charge in [0.2, 0.25) is 5.78 Å². The molecule has 0 bridgehead atoms. The number of Topliss-reactive ketones (excluding diaryl/α,β-unsaturated/α-hetero) is 1. The minimum Gasteiger partial charge on any atom is -0.494 e. The summed E-state index contributed by atoms with van der Waals surface area (Å²) in [5, 5.41) is 12.8. The van der Waals surface area contributed by atoms with Crippen molar-refractivity contribution < 1.29 is 28.6 Å². The van der Waals surface area contributed by atoms with Crippen molar-refractivity contribution in [3.8, 4) is 17.0 Å². The molecule has 2 N–H and O–H groups in total. The van der Waals surface area contributed by atoms with Gasteiger partial charge in [-0.15, -0.1) is 0 Å². The summed E-state index contributed by atoms with van der Waals surface area (Å²) < 4.78 is 25.0. The molecule has 202 valence electrons. The summed E-state index contributed by atoms with van der Waals surface area (Å²) in [6.45, 7) is 8.27. The number of hydrogen-bond donors (Lipinski definition) is 2. The van der Waals surface area contributed by atoms with Gasteiger partial charge in [-0.25, -0.2) is 14.2 Å². The molecule has 1 saturated heterocycles. The van der Waals surface area contributed by atoms with Gasteiger partial charge in [-0.3, -0.25) is 9.78 Å². The van der Waals surface area contributed by atoms with Crippen LogP contribution in [0.1, 0.15) is 44.6 Å². The third-order valence-electron chi connectivity index (χ3n) is 6.38. The Hall–Kier alpha value is -3.79. The minimum atomic E-state index is -0.828. The van der Waals surface area contributed by atoms with Crippen molar-refractivity contribution in [1.82, 2.24) is 15.3 Å². The fourth-order valence-corrected chi connectivity index (χ4v) is 4.44. The first-order valence-corrected chi connectivity index (χ1v) is 12.5. The van der Waals surface area contributed by atoms with E-state index in [4.69, 9.17) is 14.5 Å². The van der Waals surface area contributed by atoms with Crippen LogP contribution in [0.5, 0.6) is 5.75 Å². The molecular formula is C28H33FN4O5. The molecule has 4 rings (SSSR count). The molecule has 2 atom stereocenters. The van der Waals surface area contributed by atoms with Crippen LogP contribution in [0, 0.1) is 11.7 Å². The second-order valence-electron chi connectivity index (χ2n) is 10.5. The van der Waals surface area contributed by atoms with Crippen LogP contribution in [0.15, 0.2) is 36.5 Å². The van der Waals surface area contributed by atoms with Crippen LogP contribution < -0.4 is 15.0 Å². The number of rotatable bonds is 7. The Balaban J connectivity index is 1.63. The van der Waals surface area contributed by atoms with Crippen molar-refractivity contribution in [2.24, 2.45) is 5.92 Å². The van der Waals surface area contributed by atoms with Crippen LogP contribution in [0.4, 0.5) is 14.9 Å². The zero-order chi connectivity index (χ0) is 27.6. The Morgan fingerprint density at radius 2 is 2.03 bits per heavy atom. The molecule has 0 saturated carbocycles. The van der Waals surface area contributed by atoms with E-state index in [0.29, 0.717) is 28.7 Å². The van der Waals surface area contributed by atoms with Crippen LogP contribution in [0.25, 0.3) is 22.2 Å². The predicted molar refractivity (Wildman–Crippen MR) is 142 cm³/mol. The van der Waals surface area contributed by atoms with Gasteiger partial charge in [-0.1, -0.05) is 0 Å². The Kier molecular flexibility index (Phi) is 7.82. The molecule has 10 heteroatoms. The molecule has 3 heterocycles. The molecule has 1 fully saturated rings.